The number of allylic oxidation sites excluding steroid dienone is 1. The van der Waals surface area contributed by atoms with Crippen molar-refractivity contribution in [2.45, 2.75) is 13.5 Å². The number of methoxy groups -OCH3 is 1. The summed E-state index contributed by atoms with van der Waals surface area (Å²) < 4.78 is 38.6. The number of rotatable bonds is 6. The Morgan fingerprint density at radius 2 is 2.00 bits per heavy atom. The second-order valence-corrected chi connectivity index (χ2v) is 4.89. The van der Waals surface area contributed by atoms with Crippen LogP contribution in [0.5, 0.6) is 17.2 Å². The zero-order valence-corrected chi connectivity index (χ0v) is 13.3. The van der Waals surface area contributed by atoms with Crippen molar-refractivity contribution in [1.82, 2.24) is 0 Å². The van der Waals surface area contributed by atoms with E-state index in [1.54, 1.807) is 0 Å². The lowest BCUT2D eigenvalue weighted by Crippen LogP contribution is -2.12. The predicted octanol–water partition coefficient (Wildman–Crippen LogP) is 3.16. The minimum absolute atomic E-state index is 0.0487. The van der Waals surface area contributed by atoms with Gasteiger partial charge < -0.3 is 19.0 Å². The van der Waals surface area contributed by atoms with Crippen LogP contribution in [0.1, 0.15) is 21.7 Å². The Bertz CT molecular complexity index is 870. The van der Waals surface area contributed by atoms with Gasteiger partial charge in [-0.3, -0.25) is 4.79 Å². The van der Waals surface area contributed by atoms with Gasteiger partial charge in [0.1, 0.15) is 17.1 Å². The smallest absolute Gasteiger partial charge is 0.387 e. The van der Waals surface area contributed by atoms with Gasteiger partial charge in [-0.1, -0.05) is 12.1 Å². The SMILES string of the molecule is COc1cc(C=CC(=O)c2c(O)cc(C)oc2=O)ccc1OC(F)F. The highest BCUT2D eigenvalue weighted by molar-refractivity contribution is 6.08. The van der Waals surface area contributed by atoms with Crippen LogP contribution in [0.3, 0.4) is 0 Å². The third kappa shape index (κ3) is 4.43. The molecule has 1 heterocycles. The minimum atomic E-state index is -3.00. The lowest BCUT2D eigenvalue weighted by atomic mass is 10.1. The molecule has 0 atom stereocenters. The molecule has 1 aromatic carbocycles. The molecule has 0 fully saturated rings. The summed E-state index contributed by atoms with van der Waals surface area (Å²) in [5.74, 6) is -1.19. The zero-order chi connectivity index (χ0) is 18.6. The van der Waals surface area contributed by atoms with Crippen LogP contribution in [-0.4, -0.2) is 24.6 Å². The fourth-order valence-electron chi connectivity index (χ4n) is 2.06. The van der Waals surface area contributed by atoms with Crippen LogP contribution in [0.15, 0.2) is 39.6 Å². The molecule has 8 heteroatoms. The molecule has 0 unspecified atom stereocenters. The van der Waals surface area contributed by atoms with E-state index < -0.39 is 29.3 Å². The van der Waals surface area contributed by atoms with Crippen LogP contribution >= 0.6 is 0 Å². The van der Waals surface area contributed by atoms with Crippen LogP contribution in [0.2, 0.25) is 0 Å². The molecule has 0 amide bonds. The molecular formula is C17H14F2O6. The summed E-state index contributed by atoms with van der Waals surface area (Å²) in [6.07, 6.45) is 2.37. The Balaban J connectivity index is 2.27. The van der Waals surface area contributed by atoms with Crippen LogP contribution in [0.4, 0.5) is 8.78 Å². The van der Waals surface area contributed by atoms with Gasteiger partial charge >= 0.3 is 12.2 Å². The van der Waals surface area contributed by atoms with Gasteiger partial charge in [-0.05, 0) is 30.7 Å². The number of carbonyl (C=O) groups is 1. The predicted molar refractivity (Wildman–Crippen MR) is 84.4 cm³/mol. The van der Waals surface area contributed by atoms with Gasteiger partial charge in [0.2, 0.25) is 0 Å². The third-order valence-electron chi connectivity index (χ3n) is 3.13. The average Bonchev–Trinajstić information content (AvgIpc) is 2.52. The van der Waals surface area contributed by atoms with Gasteiger partial charge in [0.05, 0.1) is 7.11 Å². The molecular weight excluding hydrogens is 338 g/mol. The van der Waals surface area contributed by atoms with Gasteiger partial charge in [-0.2, -0.15) is 8.78 Å². The third-order valence-corrected chi connectivity index (χ3v) is 3.13. The first-order chi connectivity index (χ1) is 11.8. The number of ether oxygens (including phenoxy) is 2. The molecule has 0 aliphatic heterocycles. The van der Waals surface area contributed by atoms with Crippen molar-refractivity contribution in [1.29, 1.82) is 0 Å². The van der Waals surface area contributed by atoms with Crippen LogP contribution in [-0.2, 0) is 0 Å². The first-order valence-electron chi connectivity index (χ1n) is 7.00. The van der Waals surface area contributed by atoms with E-state index in [9.17, 15) is 23.5 Å². The Hall–Kier alpha value is -3.16. The van der Waals surface area contributed by atoms with E-state index in [0.29, 0.717) is 5.56 Å². The van der Waals surface area contributed by atoms with Gasteiger partial charge in [-0.25, -0.2) is 4.79 Å². The zero-order valence-electron chi connectivity index (χ0n) is 13.3. The molecule has 2 rings (SSSR count). The molecule has 2 aromatic rings. The minimum Gasteiger partial charge on any atom is -0.507 e. The summed E-state index contributed by atoms with van der Waals surface area (Å²) in [5, 5.41) is 9.72. The van der Waals surface area contributed by atoms with Gasteiger partial charge in [0.25, 0.3) is 0 Å². The number of hydrogen-bond donors (Lipinski definition) is 1. The van der Waals surface area contributed by atoms with Crippen molar-refractivity contribution in [2.24, 2.45) is 0 Å². The molecule has 1 aromatic heterocycles. The highest BCUT2D eigenvalue weighted by Gasteiger charge is 2.16. The van der Waals surface area contributed by atoms with Gasteiger partial charge in [-0.15, -0.1) is 0 Å². The van der Waals surface area contributed by atoms with Crippen LogP contribution in [0.25, 0.3) is 6.08 Å². The Morgan fingerprint density at radius 1 is 1.28 bits per heavy atom. The fraction of sp³-hybridized carbons (Fsp3) is 0.176. The summed E-state index contributed by atoms with van der Waals surface area (Å²) in [5.41, 5.74) is -1.01. The molecule has 1 N–H and O–H groups in total. The number of benzene rings is 1. The Labute approximate surface area is 140 Å². The fourth-order valence-corrected chi connectivity index (χ4v) is 2.06. The van der Waals surface area contributed by atoms with Crippen LogP contribution in [0, 0.1) is 6.92 Å². The maximum atomic E-state index is 12.3. The van der Waals surface area contributed by atoms with E-state index >= 15 is 0 Å². The Morgan fingerprint density at radius 3 is 2.60 bits per heavy atom. The van der Waals surface area contributed by atoms with Crippen LogP contribution < -0.4 is 15.1 Å². The number of alkyl halides is 2. The molecule has 0 saturated heterocycles. The monoisotopic (exact) mass is 352 g/mol. The van der Waals surface area contributed by atoms with E-state index in [-0.39, 0.29) is 17.3 Å². The van der Waals surface area contributed by atoms with Crippen molar-refractivity contribution < 1.29 is 32.6 Å². The molecule has 0 radical (unpaired) electrons. The highest BCUT2D eigenvalue weighted by Crippen LogP contribution is 2.30. The maximum Gasteiger partial charge on any atom is 0.387 e. The maximum absolute atomic E-state index is 12.3. The molecule has 0 spiro atoms. The van der Waals surface area contributed by atoms with Crippen molar-refractivity contribution >= 4 is 11.9 Å². The summed E-state index contributed by atoms with van der Waals surface area (Å²) >= 11 is 0. The molecule has 25 heavy (non-hydrogen) atoms. The molecule has 132 valence electrons. The topological polar surface area (TPSA) is 86.0 Å². The quantitative estimate of drug-likeness (QED) is 0.635. The summed E-state index contributed by atoms with van der Waals surface area (Å²) in [7, 11) is 1.28. The first-order valence-corrected chi connectivity index (χ1v) is 7.00. The Kier molecular flexibility index (Phi) is 5.53. The van der Waals surface area contributed by atoms with E-state index in [1.165, 1.54) is 38.3 Å². The molecule has 0 saturated carbocycles. The van der Waals surface area contributed by atoms with E-state index in [2.05, 4.69) is 4.74 Å². The van der Waals surface area contributed by atoms with Crippen molar-refractivity contribution in [2.75, 3.05) is 7.11 Å². The molecule has 6 nitrogen and oxygen atoms in total. The van der Waals surface area contributed by atoms with Crippen molar-refractivity contribution in [3.05, 3.63) is 57.6 Å². The first kappa shape index (κ1) is 18.2. The number of aryl methyl sites for hydroxylation is 1. The largest absolute Gasteiger partial charge is 0.507 e. The summed E-state index contributed by atoms with van der Waals surface area (Å²) in [6.45, 7) is -1.54. The normalized spacial score (nSPS) is 11.1. The van der Waals surface area contributed by atoms with Crippen molar-refractivity contribution in [3.63, 3.8) is 0 Å². The average molecular weight is 352 g/mol. The lowest BCUT2D eigenvalue weighted by Gasteiger charge is -2.10. The number of halogens is 2. The summed E-state index contributed by atoms with van der Waals surface area (Å²) in [4.78, 5) is 23.7. The number of aromatic hydroxyl groups is 1. The molecule has 0 aliphatic carbocycles. The molecule has 0 bridgehead atoms. The number of ketones is 1. The van der Waals surface area contributed by atoms with E-state index in [1.807, 2.05) is 0 Å². The highest BCUT2D eigenvalue weighted by atomic mass is 19.3. The molecule has 0 aliphatic rings. The lowest BCUT2D eigenvalue weighted by molar-refractivity contribution is -0.0512. The van der Waals surface area contributed by atoms with Gasteiger partial charge in [0.15, 0.2) is 17.3 Å². The second-order valence-electron chi connectivity index (χ2n) is 4.89. The van der Waals surface area contributed by atoms with E-state index in [4.69, 9.17) is 9.15 Å². The van der Waals surface area contributed by atoms with Crippen molar-refractivity contribution in [3.8, 4) is 17.2 Å². The van der Waals surface area contributed by atoms with E-state index in [0.717, 1.165) is 12.1 Å². The summed E-state index contributed by atoms with van der Waals surface area (Å²) in [6, 6.07) is 5.20. The second kappa shape index (κ2) is 7.61. The standard InChI is InChI=1S/C17H14F2O6/c1-9-7-12(21)15(16(22)24-9)11(20)5-3-10-4-6-13(25-17(18)19)14(8-10)23-2/h3-8,17,21H,1-2H3. The number of carbonyl (C=O) groups excluding carboxylic acids is 1. The van der Waals surface area contributed by atoms with Gasteiger partial charge in [0, 0.05) is 6.07 Å². The number of hydrogen-bond acceptors (Lipinski definition) is 6.